The van der Waals surface area contributed by atoms with Crippen LogP contribution in [0, 0.1) is 0 Å². The molecule has 3 rings (SSSR count). The maximum Gasteiger partial charge on any atom is 0.305 e. The first kappa shape index (κ1) is 20.2. The van der Waals surface area contributed by atoms with Crippen molar-refractivity contribution in [2.45, 2.75) is 32.5 Å². The molecule has 2 aromatic rings. The molecule has 1 N–H and O–H groups in total. The Hall–Kier alpha value is -2.58. The van der Waals surface area contributed by atoms with E-state index >= 15 is 0 Å². The lowest BCUT2D eigenvalue weighted by molar-refractivity contribution is -0.138. The number of aliphatic carboxylic acids is 1. The van der Waals surface area contributed by atoms with Crippen LogP contribution in [-0.4, -0.2) is 47.3 Å². The second-order valence-corrected chi connectivity index (χ2v) is 7.03. The highest BCUT2D eigenvalue weighted by atomic mass is 35.5. The van der Waals surface area contributed by atoms with E-state index in [1.54, 1.807) is 17.0 Å². The molecule has 1 aliphatic rings. The van der Waals surface area contributed by atoms with Gasteiger partial charge in [-0.2, -0.15) is 0 Å². The number of hydrogen-bond acceptors (Lipinski definition) is 5. The molecule has 1 atom stereocenters. The molecule has 1 amide bonds. The number of carbonyl (C=O) groups is 2. The van der Waals surface area contributed by atoms with Crippen LogP contribution in [0.3, 0.4) is 0 Å². The van der Waals surface area contributed by atoms with Gasteiger partial charge in [-0.15, -0.1) is 0 Å². The summed E-state index contributed by atoms with van der Waals surface area (Å²) in [4.78, 5) is 38.2. The van der Waals surface area contributed by atoms with Gasteiger partial charge in [-0.25, -0.2) is 0 Å². The highest BCUT2D eigenvalue weighted by Gasteiger charge is 2.35. The quantitative estimate of drug-likeness (QED) is 0.786. The molecule has 150 valence electrons. The topological polar surface area (TPSA) is 98.1 Å². The lowest BCUT2D eigenvalue weighted by Crippen LogP contribution is -2.32. The van der Waals surface area contributed by atoms with Gasteiger partial charge in [0.1, 0.15) is 12.4 Å². The van der Waals surface area contributed by atoms with Crippen molar-refractivity contribution < 1.29 is 24.2 Å². The van der Waals surface area contributed by atoms with Crippen LogP contribution >= 0.6 is 11.6 Å². The summed E-state index contributed by atoms with van der Waals surface area (Å²) in [5.74, 6) is -0.796. The fourth-order valence-electron chi connectivity index (χ4n) is 3.72. The molecule has 0 radical (unpaired) electrons. The number of carboxylic acid groups (broad SMARTS) is 1. The number of methoxy groups -OCH3 is 2. The second-order valence-electron chi connectivity index (χ2n) is 6.63. The Labute approximate surface area is 166 Å². The zero-order chi connectivity index (χ0) is 20.6. The molecule has 0 saturated heterocycles. The van der Waals surface area contributed by atoms with Crippen LogP contribution in [0.1, 0.15) is 30.5 Å². The highest BCUT2D eigenvalue weighted by Crippen LogP contribution is 2.40. The minimum absolute atomic E-state index is 0.000995. The van der Waals surface area contributed by atoms with E-state index in [0.29, 0.717) is 27.2 Å². The van der Waals surface area contributed by atoms with Crippen LogP contribution in [0.5, 0.6) is 5.75 Å². The average Bonchev–Trinajstić information content (AvgIpc) is 2.99. The van der Waals surface area contributed by atoms with Crippen molar-refractivity contribution in [3.05, 3.63) is 38.6 Å². The van der Waals surface area contributed by atoms with Crippen molar-refractivity contribution in [2.24, 2.45) is 0 Å². The molecule has 2 heterocycles. The number of amides is 1. The smallest absolute Gasteiger partial charge is 0.305 e. The minimum atomic E-state index is -1.01. The average molecular weight is 409 g/mol. The van der Waals surface area contributed by atoms with Crippen molar-refractivity contribution in [3.63, 3.8) is 0 Å². The molecule has 0 saturated carbocycles. The van der Waals surface area contributed by atoms with Crippen molar-refractivity contribution >= 4 is 34.4 Å². The first-order chi connectivity index (χ1) is 13.3. The van der Waals surface area contributed by atoms with Crippen LogP contribution < -0.4 is 10.3 Å². The maximum atomic E-state index is 13.2. The van der Waals surface area contributed by atoms with Gasteiger partial charge in [0.2, 0.25) is 5.91 Å². The Kier molecular flexibility index (Phi) is 5.62. The number of pyridine rings is 1. The molecular weight excluding hydrogens is 388 g/mol. The molecule has 1 aliphatic heterocycles. The van der Waals surface area contributed by atoms with E-state index in [1.165, 1.54) is 18.8 Å². The van der Waals surface area contributed by atoms with E-state index < -0.39 is 5.97 Å². The third kappa shape index (κ3) is 3.33. The van der Waals surface area contributed by atoms with Crippen molar-refractivity contribution in [2.75, 3.05) is 20.8 Å². The minimum Gasteiger partial charge on any atom is -0.495 e. The molecule has 0 spiro atoms. The van der Waals surface area contributed by atoms with Crippen LogP contribution in [0.25, 0.3) is 10.9 Å². The Bertz CT molecular complexity index is 1020. The first-order valence-corrected chi connectivity index (χ1v) is 9.11. The molecule has 0 fully saturated rings. The monoisotopic (exact) mass is 408 g/mol. The molecule has 8 nitrogen and oxygen atoms in total. The van der Waals surface area contributed by atoms with Crippen molar-refractivity contribution in [1.29, 1.82) is 0 Å². The normalized spacial score (nSPS) is 15.7. The highest BCUT2D eigenvalue weighted by molar-refractivity contribution is 6.32. The van der Waals surface area contributed by atoms with E-state index in [1.807, 2.05) is 6.92 Å². The SMILES string of the molecule is COCC(=O)N1Cc2c(c3cc(OC)c(Cl)cc3n(CCC(=O)O)c2=O)[C@@H]1C. The summed E-state index contributed by atoms with van der Waals surface area (Å²) in [5.41, 5.74) is 1.40. The maximum absolute atomic E-state index is 13.2. The summed E-state index contributed by atoms with van der Waals surface area (Å²) < 4.78 is 11.7. The molecule has 0 bridgehead atoms. The number of aryl methyl sites for hydroxylation is 1. The Morgan fingerprint density at radius 2 is 2.04 bits per heavy atom. The van der Waals surface area contributed by atoms with Gasteiger partial charge in [-0.3, -0.25) is 14.4 Å². The Morgan fingerprint density at radius 3 is 2.64 bits per heavy atom. The van der Waals surface area contributed by atoms with Gasteiger partial charge >= 0.3 is 5.97 Å². The molecular formula is C19H21ClN2O6. The molecule has 1 aromatic heterocycles. The van der Waals surface area contributed by atoms with Crippen LogP contribution in [0.2, 0.25) is 5.02 Å². The summed E-state index contributed by atoms with van der Waals surface area (Å²) >= 11 is 6.26. The number of aromatic nitrogens is 1. The van der Waals surface area contributed by atoms with Gasteiger partial charge in [0, 0.05) is 24.6 Å². The largest absolute Gasteiger partial charge is 0.495 e. The lowest BCUT2D eigenvalue weighted by Gasteiger charge is -2.22. The summed E-state index contributed by atoms with van der Waals surface area (Å²) in [6.07, 6.45) is -0.209. The number of benzene rings is 1. The number of nitrogens with zero attached hydrogens (tertiary/aromatic N) is 2. The molecule has 1 aromatic carbocycles. The van der Waals surface area contributed by atoms with Crippen molar-refractivity contribution in [3.8, 4) is 5.75 Å². The van der Waals surface area contributed by atoms with E-state index in [-0.39, 0.29) is 43.6 Å². The number of carbonyl (C=O) groups excluding carboxylic acids is 1. The van der Waals surface area contributed by atoms with Gasteiger partial charge in [0.15, 0.2) is 0 Å². The number of rotatable bonds is 6. The van der Waals surface area contributed by atoms with E-state index in [4.69, 9.17) is 26.2 Å². The standard InChI is InChI=1S/C19H21ClN2O6/c1-10-18-11-6-15(28-3)13(20)7-14(11)21(5-4-17(24)25)19(26)12(18)8-22(10)16(23)9-27-2/h6-7,10H,4-5,8-9H2,1-3H3,(H,24,25)/t10-/m0/s1. The van der Waals surface area contributed by atoms with Gasteiger partial charge < -0.3 is 24.0 Å². The molecule has 0 aliphatic carbocycles. The van der Waals surface area contributed by atoms with Crippen LogP contribution in [0.4, 0.5) is 0 Å². The van der Waals surface area contributed by atoms with Gasteiger partial charge in [0.25, 0.3) is 5.56 Å². The lowest BCUT2D eigenvalue weighted by atomic mass is 10.00. The van der Waals surface area contributed by atoms with Gasteiger partial charge in [-0.05, 0) is 24.6 Å². The zero-order valence-corrected chi connectivity index (χ0v) is 16.6. The van der Waals surface area contributed by atoms with Crippen LogP contribution in [-0.2, 0) is 27.4 Å². The zero-order valence-electron chi connectivity index (χ0n) is 15.8. The number of fused-ring (bicyclic) bond motifs is 3. The summed E-state index contributed by atoms with van der Waals surface area (Å²) in [5, 5.41) is 10.1. The van der Waals surface area contributed by atoms with Crippen molar-refractivity contribution in [1.82, 2.24) is 9.47 Å². The predicted molar refractivity (Wildman–Crippen MR) is 103 cm³/mol. The van der Waals surface area contributed by atoms with Gasteiger partial charge in [0.05, 0.1) is 36.7 Å². The first-order valence-electron chi connectivity index (χ1n) is 8.73. The van der Waals surface area contributed by atoms with E-state index in [9.17, 15) is 14.4 Å². The number of ether oxygens (including phenoxy) is 2. The summed E-state index contributed by atoms with van der Waals surface area (Å²) in [6.45, 7) is 1.91. The second kappa shape index (κ2) is 7.81. The van der Waals surface area contributed by atoms with Gasteiger partial charge in [-0.1, -0.05) is 11.6 Å². The third-order valence-electron chi connectivity index (χ3n) is 5.03. The Morgan fingerprint density at radius 1 is 1.32 bits per heavy atom. The fourth-order valence-corrected chi connectivity index (χ4v) is 3.96. The summed E-state index contributed by atoms with van der Waals surface area (Å²) in [7, 11) is 2.93. The predicted octanol–water partition coefficient (Wildman–Crippen LogP) is 2.19. The number of hydrogen-bond donors (Lipinski definition) is 1. The third-order valence-corrected chi connectivity index (χ3v) is 5.33. The molecule has 9 heteroatoms. The number of carboxylic acids is 1. The summed E-state index contributed by atoms with van der Waals surface area (Å²) in [6, 6.07) is 2.99. The van der Waals surface area contributed by atoms with E-state index in [0.717, 1.165) is 5.56 Å². The number of halogens is 1. The van der Waals surface area contributed by atoms with Crippen LogP contribution in [0.15, 0.2) is 16.9 Å². The fraction of sp³-hybridized carbons (Fsp3) is 0.421. The van der Waals surface area contributed by atoms with E-state index in [2.05, 4.69) is 0 Å². The molecule has 28 heavy (non-hydrogen) atoms. The Balaban J connectivity index is 2.26. The molecule has 0 unspecified atom stereocenters.